The number of H-pyrrole nitrogens is 1. The average Bonchev–Trinajstić information content (AvgIpc) is 3.43. The summed E-state index contributed by atoms with van der Waals surface area (Å²) in [5.74, 6) is 1.60. The van der Waals surface area contributed by atoms with E-state index in [9.17, 15) is 4.21 Å². The number of aromatic amines is 1. The molecule has 3 aromatic heterocycles. The van der Waals surface area contributed by atoms with Gasteiger partial charge in [0.05, 0.1) is 23.4 Å². The lowest BCUT2D eigenvalue weighted by atomic mass is 10.1. The number of hydrogen-bond acceptors (Lipinski definition) is 7. The fourth-order valence-corrected chi connectivity index (χ4v) is 5.04. The van der Waals surface area contributed by atoms with E-state index in [4.69, 9.17) is 15.1 Å². The van der Waals surface area contributed by atoms with E-state index in [0.29, 0.717) is 5.95 Å². The van der Waals surface area contributed by atoms with Gasteiger partial charge in [0.1, 0.15) is 5.69 Å². The molecule has 2 aliphatic heterocycles. The van der Waals surface area contributed by atoms with Gasteiger partial charge in [-0.15, -0.1) is 5.10 Å². The number of hydrogen-bond donors (Lipinski definition) is 2. The minimum atomic E-state index is -0.901. The Morgan fingerprint density at radius 3 is 2.63 bits per heavy atom. The van der Waals surface area contributed by atoms with Crippen LogP contribution in [-0.4, -0.2) is 76.8 Å². The Balaban J connectivity index is 1.45. The summed E-state index contributed by atoms with van der Waals surface area (Å²) >= 11 is 0. The summed E-state index contributed by atoms with van der Waals surface area (Å²) in [6.07, 6.45) is 12.6. The van der Waals surface area contributed by atoms with E-state index in [0.717, 1.165) is 61.7 Å². The molecule has 5 rings (SSSR count). The van der Waals surface area contributed by atoms with E-state index in [-0.39, 0.29) is 6.04 Å². The number of aromatic nitrogens is 6. The fraction of sp³-hybridized carbons (Fsp3) is 0.579. The third-order valence-corrected chi connectivity index (χ3v) is 7.02. The highest BCUT2D eigenvalue weighted by Gasteiger charge is 2.25. The van der Waals surface area contributed by atoms with Crippen molar-refractivity contribution in [3.05, 3.63) is 18.6 Å². The maximum absolute atomic E-state index is 11.7. The van der Waals surface area contributed by atoms with Gasteiger partial charge in [-0.25, -0.2) is 13.5 Å². The number of nitrogens with one attached hydrogen (secondary N) is 2. The molecule has 0 spiro atoms. The van der Waals surface area contributed by atoms with Crippen molar-refractivity contribution in [2.24, 2.45) is 0 Å². The lowest BCUT2D eigenvalue weighted by Gasteiger charge is -2.30. The van der Waals surface area contributed by atoms with Gasteiger partial charge in [-0.1, -0.05) is 0 Å². The number of nitrogens with zero attached hydrogens (tertiary/aromatic N) is 7. The molecule has 0 saturated carbocycles. The van der Waals surface area contributed by atoms with E-state index in [1.54, 1.807) is 18.6 Å². The number of piperidine rings is 2. The average molecular weight is 430 g/mol. The fourth-order valence-electron chi connectivity index (χ4n) is 4.32. The molecule has 1 unspecified atom stereocenters. The molecule has 0 aliphatic carbocycles. The van der Waals surface area contributed by atoms with Crippen molar-refractivity contribution in [2.45, 2.75) is 38.1 Å². The molecule has 2 saturated heterocycles. The monoisotopic (exact) mass is 429 g/mol. The van der Waals surface area contributed by atoms with Crippen molar-refractivity contribution in [2.75, 3.05) is 42.7 Å². The van der Waals surface area contributed by atoms with Gasteiger partial charge >= 0.3 is 0 Å². The summed E-state index contributed by atoms with van der Waals surface area (Å²) in [5.41, 5.74) is 2.55. The standard InChI is InChI=1S/C19H27N9OS/c1-30(29)27-9-5-15(6-10-27)23-19-24-16-13-20-17(14-11-21-22-12-14)18(28(16)25-19)26-7-3-2-4-8-26/h11-13,15H,2-10H2,1H3,(H,21,22)(H,23,25). The van der Waals surface area contributed by atoms with Crippen LogP contribution in [0.2, 0.25) is 0 Å². The normalized spacial score (nSPS) is 20.0. The molecule has 2 fully saturated rings. The summed E-state index contributed by atoms with van der Waals surface area (Å²) < 4.78 is 15.6. The van der Waals surface area contributed by atoms with Crippen LogP contribution in [0.4, 0.5) is 11.8 Å². The SMILES string of the molecule is CS(=O)N1CCC(Nc2nc3cnc(-c4cn[nH]c4)c(N4CCCCC4)n3n2)CC1. The first-order chi connectivity index (χ1) is 14.7. The Morgan fingerprint density at radius 1 is 1.13 bits per heavy atom. The molecule has 2 N–H and O–H groups in total. The first-order valence-corrected chi connectivity index (χ1v) is 12.1. The van der Waals surface area contributed by atoms with Gasteiger partial charge in [-0.3, -0.25) is 5.10 Å². The highest BCUT2D eigenvalue weighted by molar-refractivity contribution is 7.81. The summed E-state index contributed by atoms with van der Waals surface area (Å²) in [7, 11) is -0.901. The Morgan fingerprint density at radius 2 is 1.93 bits per heavy atom. The lowest BCUT2D eigenvalue weighted by Crippen LogP contribution is -2.39. The first-order valence-electron chi connectivity index (χ1n) is 10.5. The van der Waals surface area contributed by atoms with E-state index in [2.05, 4.69) is 20.4 Å². The Labute approximate surface area is 177 Å². The zero-order chi connectivity index (χ0) is 20.5. The molecule has 3 aromatic rings. The maximum atomic E-state index is 11.7. The van der Waals surface area contributed by atoms with Crippen molar-refractivity contribution in [3.8, 4) is 11.3 Å². The zero-order valence-corrected chi connectivity index (χ0v) is 17.9. The third-order valence-electron chi connectivity index (χ3n) is 5.93. The van der Waals surface area contributed by atoms with Crippen molar-refractivity contribution >= 4 is 28.4 Å². The predicted molar refractivity (Wildman–Crippen MR) is 117 cm³/mol. The summed E-state index contributed by atoms with van der Waals surface area (Å²) in [4.78, 5) is 11.8. The van der Waals surface area contributed by atoms with E-state index < -0.39 is 11.0 Å². The predicted octanol–water partition coefficient (Wildman–Crippen LogP) is 1.67. The van der Waals surface area contributed by atoms with Gasteiger partial charge < -0.3 is 10.2 Å². The van der Waals surface area contributed by atoms with Crippen LogP contribution in [0, 0.1) is 0 Å². The van der Waals surface area contributed by atoms with Gasteiger partial charge in [0, 0.05) is 50.2 Å². The van der Waals surface area contributed by atoms with E-state index in [1.165, 1.54) is 19.3 Å². The van der Waals surface area contributed by atoms with Crippen LogP contribution in [0.3, 0.4) is 0 Å². The quantitative estimate of drug-likeness (QED) is 0.635. The smallest absolute Gasteiger partial charge is 0.243 e. The van der Waals surface area contributed by atoms with Gasteiger partial charge in [0.2, 0.25) is 5.95 Å². The van der Waals surface area contributed by atoms with Crippen molar-refractivity contribution in [1.29, 1.82) is 0 Å². The van der Waals surface area contributed by atoms with Crippen LogP contribution in [-0.2, 0) is 11.0 Å². The summed E-state index contributed by atoms with van der Waals surface area (Å²) in [6, 6.07) is 0.280. The van der Waals surface area contributed by atoms with E-state index in [1.807, 2.05) is 15.0 Å². The van der Waals surface area contributed by atoms with Crippen LogP contribution >= 0.6 is 0 Å². The molecule has 160 valence electrons. The minimum absolute atomic E-state index is 0.280. The Kier molecular flexibility index (Phi) is 5.38. The van der Waals surface area contributed by atoms with Gasteiger partial charge in [-0.05, 0) is 32.1 Å². The lowest BCUT2D eigenvalue weighted by molar-refractivity contribution is 0.346. The third kappa shape index (κ3) is 3.79. The second kappa shape index (κ2) is 8.31. The molecule has 5 heterocycles. The maximum Gasteiger partial charge on any atom is 0.243 e. The molecule has 11 heteroatoms. The largest absolute Gasteiger partial charge is 0.355 e. The minimum Gasteiger partial charge on any atom is -0.355 e. The molecule has 0 radical (unpaired) electrons. The molecule has 0 aromatic carbocycles. The molecule has 30 heavy (non-hydrogen) atoms. The van der Waals surface area contributed by atoms with Crippen molar-refractivity contribution in [3.63, 3.8) is 0 Å². The number of rotatable bonds is 5. The highest BCUT2D eigenvalue weighted by atomic mass is 32.2. The molecule has 0 amide bonds. The molecular formula is C19H27N9OS. The topological polar surface area (TPSA) is 107 Å². The van der Waals surface area contributed by atoms with Crippen LogP contribution in [0.25, 0.3) is 16.9 Å². The van der Waals surface area contributed by atoms with Gasteiger partial charge in [-0.2, -0.15) is 14.6 Å². The zero-order valence-electron chi connectivity index (χ0n) is 17.1. The number of anilines is 2. The highest BCUT2D eigenvalue weighted by Crippen LogP contribution is 2.31. The summed E-state index contributed by atoms with van der Waals surface area (Å²) in [5, 5.41) is 15.3. The molecule has 0 bridgehead atoms. The molecular weight excluding hydrogens is 402 g/mol. The van der Waals surface area contributed by atoms with Crippen LogP contribution < -0.4 is 10.2 Å². The van der Waals surface area contributed by atoms with Crippen molar-refractivity contribution in [1.82, 2.24) is 34.1 Å². The van der Waals surface area contributed by atoms with Crippen LogP contribution in [0.1, 0.15) is 32.1 Å². The second-order valence-electron chi connectivity index (χ2n) is 7.94. The molecule has 10 nitrogen and oxygen atoms in total. The van der Waals surface area contributed by atoms with Crippen LogP contribution in [0.5, 0.6) is 0 Å². The number of fused-ring (bicyclic) bond motifs is 1. The van der Waals surface area contributed by atoms with Gasteiger partial charge in [0.15, 0.2) is 11.5 Å². The molecule has 2 aliphatic rings. The van der Waals surface area contributed by atoms with E-state index >= 15 is 0 Å². The van der Waals surface area contributed by atoms with Crippen LogP contribution in [0.15, 0.2) is 18.6 Å². The molecule has 1 atom stereocenters. The Hall–Kier alpha value is -2.53. The van der Waals surface area contributed by atoms with Crippen molar-refractivity contribution < 1.29 is 4.21 Å². The van der Waals surface area contributed by atoms with Gasteiger partial charge in [0.25, 0.3) is 0 Å². The summed E-state index contributed by atoms with van der Waals surface area (Å²) in [6.45, 7) is 3.61. The Bertz CT molecular complexity index is 1020. The first kappa shape index (κ1) is 19.4. The second-order valence-corrected chi connectivity index (χ2v) is 9.31.